The Labute approximate surface area is 159 Å². The van der Waals surface area contributed by atoms with E-state index in [9.17, 15) is 4.79 Å². The Bertz CT molecular complexity index is 998. The maximum atomic E-state index is 12.5. The Morgan fingerprint density at radius 3 is 2.88 bits per heavy atom. The summed E-state index contributed by atoms with van der Waals surface area (Å²) in [7, 11) is 0. The predicted molar refractivity (Wildman–Crippen MR) is 106 cm³/mol. The maximum Gasteiger partial charge on any atom is 0.275 e. The van der Waals surface area contributed by atoms with E-state index in [0.29, 0.717) is 17.0 Å². The highest BCUT2D eigenvalue weighted by Gasteiger charge is 2.13. The number of carbonyl (C=O) groups excluding carboxylic acids is 1. The number of nitrogens with zero attached hydrogens (tertiary/aromatic N) is 1. The van der Waals surface area contributed by atoms with Crippen molar-refractivity contribution in [1.82, 2.24) is 10.4 Å². The zero-order valence-corrected chi connectivity index (χ0v) is 15.6. The number of hydrazone groups is 1. The first-order chi connectivity index (χ1) is 12.6. The number of hydrogen-bond acceptors (Lipinski definition) is 3. The molecular formula is C20H16BrN3O2. The fraction of sp³-hybridized carbons (Fsp3) is 0.100. The molecule has 3 aromatic rings. The molecule has 0 radical (unpaired) electrons. The Hall–Kier alpha value is -3.04. The SMILES string of the molecule is C#CCOc1ccc(Br)cc1C(=O)N/N=C(\C)c1cc2ccccc2[nH]1. The second-order valence-electron chi connectivity index (χ2n) is 5.54. The number of fused-ring (bicyclic) bond motifs is 1. The number of H-pyrrole nitrogens is 1. The van der Waals surface area contributed by atoms with E-state index in [-0.39, 0.29) is 12.5 Å². The van der Waals surface area contributed by atoms with Gasteiger partial charge in [0.1, 0.15) is 12.4 Å². The molecule has 26 heavy (non-hydrogen) atoms. The number of hydrogen-bond donors (Lipinski definition) is 2. The lowest BCUT2D eigenvalue weighted by Gasteiger charge is -2.09. The van der Waals surface area contributed by atoms with Crippen molar-refractivity contribution >= 4 is 38.5 Å². The number of ether oxygens (including phenoxy) is 1. The molecule has 0 saturated heterocycles. The molecule has 3 rings (SSSR count). The summed E-state index contributed by atoms with van der Waals surface area (Å²) in [5.74, 6) is 2.41. The number of para-hydroxylation sites is 1. The molecule has 0 spiro atoms. The third kappa shape index (κ3) is 3.95. The summed E-state index contributed by atoms with van der Waals surface area (Å²) in [4.78, 5) is 15.8. The van der Waals surface area contributed by atoms with Gasteiger partial charge in [-0.25, -0.2) is 5.43 Å². The van der Waals surface area contributed by atoms with E-state index in [0.717, 1.165) is 21.1 Å². The van der Waals surface area contributed by atoms with Gasteiger partial charge in [-0.1, -0.05) is 40.0 Å². The zero-order valence-electron chi connectivity index (χ0n) is 14.0. The molecule has 1 heterocycles. The molecule has 2 aromatic carbocycles. The van der Waals surface area contributed by atoms with Crippen molar-refractivity contribution in [1.29, 1.82) is 0 Å². The van der Waals surface area contributed by atoms with Crippen molar-refractivity contribution in [3.05, 3.63) is 64.3 Å². The smallest absolute Gasteiger partial charge is 0.275 e. The average Bonchev–Trinajstić information content (AvgIpc) is 3.09. The van der Waals surface area contributed by atoms with Gasteiger partial charge in [0.25, 0.3) is 5.91 Å². The predicted octanol–water partition coefficient (Wildman–Crippen LogP) is 4.10. The van der Waals surface area contributed by atoms with E-state index in [4.69, 9.17) is 11.2 Å². The van der Waals surface area contributed by atoms with Crippen molar-refractivity contribution < 1.29 is 9.53 Å². The second-order valence-corrected chi connectivity index (χ2v) is 6.46. The molecule has 0 fully saturated rings. The van der Waals surface area contributed by atoms with E-state index in [1.807, 2.05) is 37.3 Å². The molecule has 5 nitrogen and oxygen atoms in total. The number of rotatable bonds is 5. The minimum atomic E-state index is -0.381. The van der Waals surface area contributed by atoms with Crippen molar-refractivity contribution in [2.24, 2.45) is 5.10 Å². The van der Waals surface area contributed by atoms with Gasteiger partial charge in [-0.15, -0.1) is 6.42 Å². The van der Waals surface area contributed by atoms with Crippen molar-refractivity contribution in [2.45, 2.75) is 6.92 Å². The molecule has 0 aliphatic heterocycles. The number of terminal acetylenes is 1. The third-order valence-electron chi connectivity index (χ3n) is 3.74. The highest BCUT2D eigenvalue weighted by atomic mass is 79.9. The molecule has 0 aliphatic carbocycles. The molecule has 0 bridgehead atoms. The third-order valence-corrected chi connectivity index (χ3v) is 4.24. The summed E-state index contributed by atoms with van der Waals surface area (Å²) in [5.41, 5.74) is 5.43. The summed E-state index contributed by atoms with van der Waals surface area (Å²) in [6, 6.07) is 15.0. The van der Waals surface area contributed by atoms with Crippen LogP contribution in [0.25, 0.3) is 10.9 Å². The van der Waals surface area contributed by atoms with Gasteiger partial charge in [0.15, 0.2) is 0 Å². The van der Waals surface area contributed by atoms with Crippen molar-refractivity contribution in [3.8, 4) is 18.1 Å². The van der Waals surface area contributed by atoms with Crippen LogP contribution in [-0.4, -0.2) is 23.2 Å². The fourth-order valence-electron chi connectivity index (χ4n) is 2.45. The minimum absolute atomic E-state index is 0.0826. The van der Waals surface area contributed by atoms with E-state index in [2.05, 4.69) is 37.4 Å². The van der Waals surface area contributed by atoms with Crippen LogP contribution in [0.2, 0.25) is 0 Å². The summed E-state index contributed by atoms with van der Waals surface area (Å²) in [6.45, 7) is 1.90. The number of nitrogens with one attached hydrogen (secondary N) is 2. The molecular weight excluding hydrogens is 394 g/mol. The molecule has 130 valence electrons. The number of benzene rings is 2. The van der Waals surface area contributed by atoms with Crippen LogP contribution in [0.5, 0.6) is 5.75 Å². The van der Waals surface area contributed by atoms with Crippen LogP contribution in [0.4, 0.5) is 0 Å². The average molecular weight is 410 g/mol. The van der Waals surface area contributed by atoms with Crippen molar-refractivity contribution in [3.63, 3.8) is 0 Å². The monoisotopic (exact) mass is 409 g/mol. The number of halogens is 1. The molecule has 2 N–H and O–H groups in total. The first-order valence-electron chi connectivity index (χ1n) is 7.87. The fourth-order valence-corrected chi connectivity index (χ4v) is 2.81. The van der Waals surface area contributed by atoms with Crippen LogP contribution in [0.15, 0.2) is 58.1 Å². The number of aromatic nitrogens is 1. The van der Waals surface area contributed by atoms with E-state index in [1.54, 1.807) is 18.2 Å². The zero-order chi connectivity index (χ0) is 18.5. The highest BCUT2D eigenvalue weighted by Crippen LogP contribution is 2.23. The molecule has 1 amide bonds. The molecule has 0 saturated carbocycles. The summed E-state index contributed by atoms with van der Waals surface area (Å²) in [5, 5.41) is 5.28. The van der Waals surface area contributed by atoms with E-state index in [1.165, 1.54) is 0 Å². The molecule has 0 atom stereocenters. The van der Waals surface area contributed by atoms with Gasteiger partial charge in [0.2, 0.25) is 0 Å². The minimum Gasteiger partial charge on any atom is -0.480 e. The van der Waals surface area contributed by atoms with Crippen LogP contribution < -0.4 is 10.2 Å². The van der Waals surface area contributed by atoms with Gasteiger partial charge in [0, 0.05) is 15.4 Å². The Morgan fingerprint density at radius 1 is 1.31 bits per heavy atom. The highest BCUT2D eigenvalue weighted by molar-refractivity contribution is 9.10. The first kappa shape index (κ1) is 17.8. The van der Waals surface area contributed by atoms with Gasteiger partial charge >= 0.3 is 0 Å². The van der Waals surface area contributed by atoms with Crippen LogP contribution >= 0.6 is 15.9 Å². The quantitative estimate of drug-likeness (QED) is 0.378. The van der Waals surface area contributed by atoms with Crippen LogP contribution in [-0.2, 0) is 0 Å². The molecule has 0 unspecified atom stereocenters. The summed E-state index contributed by atoms with van der Waals surface area (Å²) in [6.07, 6.45) is 5.22. The molecule has 6 heteroatoms. The molecule has 1 aromatic heterocycles. The second kappa shape index (κ2) is 7.89. The maximum absolute atomic E-state index is 12.5. The summed E-state index contributed by atoms with van der Waals surface area (Å²) >= 11 is 3.35. The Balaban J connectivity index is 1.80. The lowest BCUT2D eigenvalue weighted by Crippen LogP contribution is -2.20. The van der Waals surface area contributed by atoms with Crippen LogP contribution in [0, 0.1) is 12.3 Å². The standard InChI is InChI=1S/C20H16BrN3O2/c1-3-10-26-19-9-8-15(21)12-16(19)20(25)24-23-13(2)18-11-14-6-4-5-7-17(14)22-18/h1,4-9,11-12,22H,10H2,2H3,(H,24,25)/b23-13+. The van der Waals surface area contributed by atoms with Crippen LogP contribution in [0.3, 0.4) is 0 Å². The van der Waals surface area contributed by atoms with E-state index >= 15 is 0 Å². The van der Waals surface area contributed by atoms with E-state index < -0.39 is 0 Å². The largest absolute Gasteiger partial charge is 0.480 e. The lowest BCUT2D eigenvalue weighted by molar-refractivity contribution is 0.0951. The number of amides is 1. The molecule has 0 aliphatic rings. The van der Waals surface area contributed by atoms with Gasteiger partial charge < -0.3 is 9.72 Å². The summed E-state index contributed by atoms with van der Waals surface area (Å²) < 4.78 is 6.18. The number of aromatic amines is 1. The van der Waals surface area contributed by atoms with Gasteiger partial charge in [-0.05, 0) is 37.3 Å². The van der Waals surface area contributed by atoms with Gasteiger partial charge in [-0.3, -0.25) is 4.79 Å². The Morgan fingerprint density at radius 2 is 2.12 bits per heavy atom. The lowest BCUT2D eigenvalue weighted by atomic mass is 10.2. The van der Waals surface area contributed by atoms with Gasteiger partial charge in [0.05, 0.1) is 17.0 Å². The van der Waals surface area contributed by atoms with Crippen molar-refractivity contribution in [2.75, 3.05) is 6.61 Å². The topological polar surface area (TPSA) is 66.5 Å². The number of carbonyl (C=O) groups is 1. The van der Waals surface area contributed by atoms with Crippen LogP contribution in [0.1, 0.15) is 23.0 Å². The normalized spacial score (nSPS) is 11.2. The van der Waals surface area contributed by atoms with Gasteiger partial charge in [-0.2, -0.15) is 5.10 Å². The first-order valence-corrected chi connectivity index (χ1v) is 8.66. The Kier molecular flexibility index (Phi) is 5.40.